The molecule has 0 bridgehead atoms. The van der Waals surface area contributed by atoms with Gasteiger partial charge in [-0.1, -0.05) is 17.7 Å². The summed E-state index contributed by atoms with van der Waals surface area (Å²) in [5.41, 5.74) is -0.784. The highest BCUT2D eigenvalue weighted by Gasteiger charge is 2.37. The SMILES string of the molecule is CN(C)C(C)(C(=O)O)c1ccc(F)c(Cl)c1. The Hall–Kier alpha value is -1.13. The van der Waals surface area contributed by atoms with E-state index in [1.165, 1.54) is 18.2 Å². The fourth-order valence-electron chi connectivity index (χ4n) is 1.37. The zero-order valence-corrected chi connectivity index (χ0v) is 10.0. The predicted octanol–water partition coefficient (Wildman–Crippen LogP) is 2.34. The molecular weight excluding hydrogens is 233 g/mol. The third kappa shape index (κ3) is 2.03. The van der Waals surface area contributed by atoms with Crippen molar-refractivity contribution >= 4 is 17.6 Å². The van der Waals surface area contributed by atoms with Gasteiger partial charge in [-0.3, -0.25) is 4.90 Å². The maximum Gasteiger partial charge on any atom is 0.328 e. The number of likely N-dealkylation sites (N-methyl/N-ethyl adjacent to an activating group) is 1. The van der Waals surface area contributed by atoms with Gasteiger partial charge in [0.1, 0.15) is 11.4 Å². The Balaban J connectivity index is 3.33. The maximum atomic E-state index is 13.0. The van der Waals surface area contributed by atoms with Gasteiger partial charge in [0.25, 0.3) is 0 Å². The molecule has 0 radical (unpaired) electrons. The van der Waals surface area contributed by atoms with Crippen LogP contribution in [0, 0.1) is 5.82 Å². The van der Waals surface area contributed by atoms with Gasteiger partial charge in [0.15, 0.2) is 0 Å². The predicted molar refractivity (Wildman–Crippen MR) is 60.1 cm³/mol. The fraction of sp³-hybridized carbons (Fsp3) is 0.364. The highest BCUT2D eigenvalue weighted by atomic mass is 35.5. The van der Waals surface area contributed by atoms with Crippen LogP contribution in [0.3, 0.4) is 0 Å². The van der Waals surface area contributed by atoms with Crippen molar-refractivity contribution in [3.05, 3.63) is 34.6 Å². The third-order valence-corrected chi connectivity index (χ3v) is 3.08. The second kappa shape index (κ2) is 4.39. The summed E-state index contributed by atoms with van der Waals surface area (Å²) in [7, 11) is 3.29. The minimum absolute atomic E-state index is 0.0770. The summed E-state index contributed by atoms with van der Waals surface area (Å²) in [4.78, 5) is 12.8. The average Bonchev–Trinajstić information content (AvgIpc) is 2.20. The van der Waals surface area contributed by atoms with Crippen LogP contribution in [0.4, 0.5) is 4.39 Å². The molecule has 1 unspecified atom stereocenters. The minimum Gasteiger partial charge on any atom is -0.480 e. The molecular formula is C11H13ClFNO2. The van der Waals surface area contributed by atoms with Crippen molar-refractivity contribution in [2.24, 2.45) is 0 Å². The fourth-order valence-corrected chi connectivity index (χ4v) is 1.55. The molecule has 0 aromatic heterocycles. The number of rotatable bonds is 3. The van der Waals surface area contributed by atoms with Crippen LogP contribution in [0.15, 0.2) is 18.2 Å². The van der Waals surface area contributed by atoms with Gasteiger partial charge in [-0.15, -0.1) is 0 Å². The molecule has 0 aliphatic rings. The van der Waals surface area contributed by atoms with E-state index in [9.17, 15) is 14.3 Å². The lowest BCUT2D eigenvalue weighted by atomic mass is 9.91. The molecule has 5 heteroatoms. The summed E-state index contributed by atoms with van der Waals surface area (Å²) >= 11 is 5.64. The Bertz CT molecular complexity index is 422. The Labute approximate surface area is 98.4 Å². The highest BCUT2D eigenvalue weighted by Crippen LogP contribution is 2.29. The van der Waals surface area contributed by atoms with E-state index in [0.717, 1.165) is 0 Å². The van der Waals surface area contributed by atoms with Crippen LogP contribution in [0.1, 0.15) is 12.5 Å². The summed E-state index contributed by atoms with van der Waals surface area (Å²) in [6.45, 7) is 1.54. The molecule has 1 aromatic carbocycles. The molecule has 88 valence electrons. The first-order valence-electron chi connectivity index (χ1n) is 4.66. The van der Waals surface area contributed by atoms with E-state index < -0.39 is 17.3 Å². The Morgan fingerprint density at radius 2 is 2.06 bits per heavy atom. The number of halogens is 2. The first-order valence-corrected chi connectivity index (χ1v) is 5.04. The monoisotopic (exact) mass is 245 g/mol. The summed E-state index contributed by atoms with van der Waals surface area (Å²) in [6, 6.07) is 3.93. The highest BCUT2D eigenvalue weighted by molar-refractivity contribution is 6.30. The number of hydrogen-bond acceptors (Lipinski definition) is 2. The van der Waals surface area contributed by atoms with Crippen LogP contribution >= 0.6 is 11.6 Å². The summed E-state index contributed by atoms with van der Waals surface area (Å²) in [6.07, 6.45) is 0. The topological polar surface area (TPSA) is 40.5 Å². The molecule has 1 N–H and O–H groups in total. The van der Waals surface area contributed by atoms with E-state index in [4.69, 9.17) is 11.6 Å². The molecule has 1 atom stereocenters. The molecule has 0 fully saturated rings. The molecule has 0 spiro atoms. The van der Waals surface area contributed by atoms with Gasteiger partial charge in [0.05, 0.1) is 5.02 Å². The van der Waals surface area contributed by atoms with E-state index >= 15 is 0 Å². The quantitative estimate of drug-likeness (QED) is 0.889. The van der Waals surface area contributed by atoms with E-state index in [1.54, 1.807) is 25.9 Å². The zero-order chi connectivity index (χ0) is 12.5. The van der Waals surface area contributed by atoms with Crippen LogP contribution in [-0.2, 0) is 10.3 Å². The lowest BCUT2D eigenvalue weighted by Gasteiger charge is -2.32. The van der Waals surface area contributed by atoms with Crippen molar-refractivity contribution in [1.29, 1.82) is 0 Å². The molecule has 0 saturated carbocycles. The van der Waals surface area contributed by atoms with Gasteiger partial charge in [-0.2, -0.15) is 0 Å². The second-order valence-corrected chi connectivity index (χ2v) is 4.31. The first-order chi connectivity index (χ1) is 7.30. The van der Waals surface area contributed by atoms with Crippen molar-refractivity contribution in [3.63, 3.8) is 0 Å². The number of carboxylic acid groups (broad SMARTS) is 1. The number of aliphatic carboxylic acids is 1. The van der Waals surface area contributed by atoms with Gasteiger partial charge in [-0.25, -0.2) is 9.18 Å². The summed E-state index contributed by atoms with van der Waals surface area (Å²) < 4.78 is 13.0. The molecule has 1 aromatic rings. The Morgan fingerprint density at radius 3 is 2.44 bits per heavy atom. The lowest BCUT2D eigenvalue weighted by molar-refractivity contribution is -0.149. The normalized spacial score (nSPS) is 14.9. The molecule has 3 nitrogen and oxygen atoms in total. The van der Waals surface area contributed by atoms with Crippen LogP contribution in [-0.4, -0.2) is 30.1 Å². The van der Waals surface area contributed by atoms with E-state index in [1.807, 2.05) is 0 Å². The standard InChI is InChI=1S/C11H13ClFNO2/c1-11(10(15)16,14(2)3)7-4-5-9(13)8(12)6-7/h4-6H,1-3H3,(H,15,16). The summed E-state index contributed by atoms with van der Waals surface area (Å²) in [5.74, 6) is -1.57. The largest absolute Gasteiger partial charge is 0.480 e. The van der Waals surface area contributed by atoms with Gasteiger partial charge in [-0.05, 0) is 38.7 Å². The molecule has 0 saturated heterocycles. The smallest absolute Gasteiger partial charge is 0.328 e. The molecule has 0 aliphatic carbocycles. The van der Waals surface area contributed by atoms with Crippen molar-refractivity contribution in [2.45, 2.75) is 12.5 Å². The summed E-state index contributed by atoms with van der Waals surface area (Å²) in [5, 5.41) is 9.16. The number of hydrogen-bond donors (Lipinski definition) is 1. The Morgan fingerprint density at radius 1 is 1.50 bits per heavy atom. The first kappa shape index (κ1) is 12.9. The molecule has 0 heterocycles. The van der Waals surface area contributed by atoms with Crippen molar-refractivity contribution in [1.82, 2.24) is 4.90 Å². The van der Waals surface area contributed by atoms with Crippen molar-refractivity contribution in [3.8, 4) is 0 Å². The van der Waals surface area contributed by atoms with Crippen LogP contribution in [0.5, 0.6) is 0 Å². The molecule has 1 rings (SSSR count). The minimum atomic E-state index is -1.22. The molecule has 0 amide bonds. The molecule has 0 aliphatic heterocycles. The van der Waals surface area contributed by atoms with E-state index in [2.05, 4.69) is 0 Å². The van der Waals surface area contributed by atoms with Crippen LogP contribution in [0.2, 0.25) is 5.02 Å². The molecule has 16 heavy (non-hydrogen) atoms. The zero-order valence-electron chi connectivity index (χ0n) is 9.29. The number of benzene rings is 1. The van der Waals surface area contributed by atoms with E-state index in [0.29, 0.717) is 5.56 Å². The number of nitrogens with zero attached hydrogens (tertiary/aromatic N) is 1. The second-order valence-electron chi connectivity index (χ2n) is 3.90. The van der Waals surface area contributed by atoms with Gasteiger partial charge >= 0.3 is 5.97 Å². The van der Waals surface area contributed by atoms with Gasteiger partial charge < -0.3 is 5.11 Å². The number of carboxylic acids is 1. The van der Waals surface area contributed by atoms with E-state index in [-0.39, 0.29) is 5.02 Å². The third-order valence-electron chi connectivity index (χ3n) is 2.79. The van der Waals surface area contributed by atoms with Crippen LogP contribution in [0.25, 0.3) is 0 Å². The van der Waals surface area contributed by atoms with Crippen molar-refractivity contribution < 1.29 is 14.3 Å². The van der Waals surface area contributed by atoms with Crippen LogP contribution < -0.4 is 0 Å². The Kier molecular flexibility index (Phi) is 3.55. The number of carbonyl (C=O) groups is 1. The van der Waals surface area contributed by atoms with Crippen molar-refractivity contribution in [2.75, 3.05) is 14.1 Å². The lowest BCUT2D eigenvalue weighted by Crippen LogP contribution is -2.45. The maximum absolute atomic E-state index is 13.0. The average molecular weight is 246 g/mol. The van der Waals surface area contributed by atoms with Gasteiger partial charge in [0.2, 0.25) is 0 Å². The van der Waals surface area contributed by atoms with Gasteiger partial charge in [0, 0.05) is 0 Å².